The maximum absolute atomic E-state index is 13.6. The Labute approximate surface area is 195 Å². The number of benzene rings is 2. The number of carbonyl (C=O) groups is 1. The Bertz CT molecular complexity index is 1410. The van der Waals surface area contributed by atoms with Crippen LogP contribution in [-0.4, -0.2) is 15.0 Å². The van der Waals surface area contributed by atoms with Gasteiger partial charge in [-0.15, -0.1) is 0 Å². The van der Waals surface area contributed by atoms with Crippen LogP contribution in [0, 0.1) is 6.92 Å². The van der Waals surface area contributed by atoms with E-state index in [1.807, 2.05) is 65.6 Å². The topological polar surface area (TPSA) is 56.0 Å². The molecule has 0 atom stereocenters. The average molecular weight is 492 g/mol. The van der Waals surface area contributed by atoms with Gasteiger partial charge in [-0.05, 0) is 49.6 Å². The molecular weight excluding hydrogens is 466 g/mol. The number of fused-ring (bicyclic) bond motifs is 3. The molecule has 2 heterocycles. The molecule has 0 unspecified atom stereocenters. The summed E-state index contributed by atoms with van der Waals surface area (Å²) in [5.74, 6) is -0.193. The van der Waals surface area contributed by atoms with Gasteiger partial charge in [0.2, 0.25) is 0 Å². The molecule has 5 rings (SSSR count). The van der Waals surface area contributed by atoms with Gasteiger partial charge in [-0.1, -0.05) is 53.4 Å². The molecule has 5 nitrogen and oxygen atoms in total. The average Bonchev–Trinajstić information content (AvgIpc) is 3.10. The number of hydrogen-bond donors (Lipinski definition) is 1. The van der Waals surface area contributed by atoms with Crippen molar-refractivity contribution in [2.24, 2.45) is 7.05 Å². The Morgan fingerprint density at radius 2 is 1.84 bits per heavy atom. The number of aryl methyl sites for hydroxylation is 2. The molecule has 32 heavy (non-hydrogen) atoms. The second kappa shape index (κ2) is 8.24. The summed E-state index contributed by atoms with van der Waals surface area (Å²) in [7, 11) is 1.91. The van der Waals surface area contributed by atoms with E-state index in [1.165, 1.54) is 6.42 Å². The summed E-state index contributed by atoms with van der Waals surface area (Å²) in [6, 6.07) is 13.8. The predicted molar refractivity (Wildman–Crippen MR) is 134 cm³/mol. The monoisotopic (exact) mass is 491 g/mol. The van der Waals surface area contributed by atoms with Crippen LogP contribution in [0.15, 0.2) is 57.9 Å². The number of amides is 1. The van der Waals surface area contributed by atoms with Crippen molar-refractivity contribution in [2.45, 2.75) is 45.1 Å². The number of halogens is 1. The Hall–Kier alpha value is -2.86. The maximum Gasteiger partial charge on any atom is 0.275 e. The number of para-hydroxylation sites is 1. The summed E-state index contributed by atoms with van der Waals surface area (Å²) in [4.78, 5) is 27.3. The number of aromatic nitrogens is 2. The van der Waals surface area contributed by atoms with E-state index in [1.54, 1.807) is 6.20 Å². The summed E-state index contributed by atoms with van der Waals surface area (Å²) in [6.45, 7) is 1.97. The van der Waals surface area contributed by atoms with Crippen LogP contribution in [0.2, 0.25) is 0 Å². The van der Waals surface area contributed by atoms with Crippen LogP contribution in [0.5, 0.6) is 0 Å². The van der Waals surface area contributed by atoms with E-state index >= 15 is 0 Å². The third kappa shape index (κ3) is 3.47. The third-order valence-corrected chi connectivity index (χ3v) is 7.22. The zero-order chi connectivity index (χ0) is 22.4. The van der Waals surface area contributed by atoms with E-state index in [9.17, 15) is 9.59 Å². The van der Waals surface area contributed by atoms with Crippen molar-refractivity contribution in [1.82, 2.24) is 9.13 Å². The number of carbonyl (C=O) groups excluding carboxylic acids is 1. The number of rotatable bonds is 3. The van der Waals surface area contributed by atoms with Gasteiger partial charge < -0.3 is 14.5 Å². The smallest absolute Gasteiger partial charge is 0.275 e. The van der Waals surface area contributed by atoms with Gasteiger partial charge in [0, 0.05) is 45.7 Å². The largest absolute Gasteiger partial charge is 0.339 e. The van der Waals surface area contributed by atoms with E-state index in [0.717, 1.165) is 57.7 Å². The fraction of sp³-hybridized carbons (Fsp3) is 0.308. The number of pyridine rings is 1. The Kier molecular flexibility index (Phi) is 5.41. The highest BCUT2D eigenvalue weighted by molar-refractivity contribution is 9.10. The molecule has 2 aromatic carbocycles. The zero-order valence-corrected chi connectivity index (χ0v) is 19.9. The number of hydrogen-bond acceptors (Lipinski definition) is 2. The van der Waals surface area contributed by atoms with Gasteiger partial charge in [-0.25, -0.2) is 0 Å². The molecule has 0 bridgehead atoms. The standard InChI is InChI=1S/C26H26BrN3O2/c1-16-14-17(27)12-13-21(16)28-25(31)20-15-30(18-8-4-3-5-9-18)26(32)24-23(20)19-10-6-7-11-22(19)29(24)2/h6-7,10-15,18H,3-5,8-9H2,1-2H3,(H,28,31). The second-order valence-electron chi connectivity index (χ2n) is 8.76. The minimum atomic E-state index is -0.193. The van der Waals surface area contributed by atoms with Crippen molar-refractivity contribution in [3.05, 3.63) is 74.6 Å². The van der Waals surface area contributed by atoms with Crippen LogP contribution in [0.4, 0.5) is 5.69 Å². The Morgan fingerprint density at radius 1 is 1.09 bits per heavy atom. The minimum Gasteiger partial charge on any atom is -0.339 e. The van der Waals surface area contributed by atoms with Gasteiger partial charge in [0.15, 0.2) is 0 Å². The molecule has 0 radical (unpaired) electrons. The molecule has 1 amide bonds. The first-order valence-electron chi connectivity index (χ1n) is 11.2. The maximum atomic E-state index is 13.6. The molecule has 4 aromatic rings. The summed E-state index contributed by atoms with van der Waals surface area (Å²) in [6.07, 6.45) is 7.19. The van der Waals surface area contributed by atoms with Crippen molar-refractivity contribution in [1.29, 1.82) is 0 Å². The predicted octanol–water partition coefficient (Wildman–Crippen LogP) is 6.32. The molecule has 6 heteroatoms. The van der Waals surface area contributed by atoms with Crippen molar-refractivity contribution in [2.75, 3.05) is 5.32 Å². The first-order valence-corrected chi connectivity index (χ1v) is 11.9. The quantitative estimate of drug-likeness (QED) is 0.364. The van der Waals surface area contributed by atoms with Crippen LogP contribution in [0.25, 0.3) is 21.8 Å². The van der Waals surface area contributed by atoms with Crippen LogP contribution in [0.1, 0.15) is 54.1 Å². The highest BCUT2D eigenvalue weighted by Crippen LogP contribution is 2.33. The molecular formula is C26H26BrN3O2. The molecule has 1 N–H and O–H groups in total. The molecule has 0 saturated heterocycles. The van der Waals surface area contributed by atoms with E-state index in [0.29, 0.717) is 11.1 Å². The summed E-state index contributed by atoms with van der Waals surface area (Å²) >= 11 is 3.48. The molecule has 0 spiro atoms. The van der Waals surface area contributed by atoms with Crippen LogP contribution < -0.4 is 10.9 Å². The van der Waals surface area contributed by atoms with Gasteiger partial charge in [-0.3, -0.25) is 9.59 Å². The highest BCUT2D eigenvalue weighted by Gasteiger charge is 2.25. The van der Waals surface area contributed by atoms with Crippen molar-refractivity contribution < 1.29 is 4.79 Å². The summed E-state index contributed by atoms with van der Waals surface area (Å²) in [5.41, 5.74) is 3.82. The van der Waals surface area contributed by atoms with Crippen molar-refractivity contribution >= 4 is 49.3 Å². The molecule has 1 saturated carbocycles. The normalized spacial score (nSPS) is 14.8. The number of anilines is 1. The zero-order valence-electron chi connectivity index (χ0n) is 18.3. The highest BCUT2D eigenvalue weighted by atomic mass is 79.9. The lowest BCUT2D eigenvalue weighted by Gasteiger charge is -2.25. The van der Waals surface area contributed by atoms with Crippen LogP contribution in [0.3, 0.4) is 0 Å². The molecule has 0 aliphatic heterocycles. The van der Waals surface area contributed by atoms with Gasteiger partial charge in [0.1, 0.15) is 5.52 Å². The Balaban J connectivity index is 1.74. The lowest BCUT2D eigenvalue weighted by atomic mass is 9.95. The van der Waals surface area contributed by atoms with Crippen LogP contribution in [-0.2, 0) is 7.05 Å². The molecule has 1 fully saturated rings. The fourth-order valence-corrected chi connectivity index (χ4v) is 5.54. The number of nitrogens with zero attached hydrogens (tertiary/aromatic N) is 2. The van der Waals surface area contributed by atoms with Gasteiger partial charge in [-0.2, -0.15) is 0 Å². The van der Waals surface area contributed by atoms with E-state index in [4.69, 9.17) is 0 Å². The molecule has 2 aromatic heterocycles. The van der Waals surface area contributed by atoms with E-state index < -0.39 is 0 Å². The van der Waals surface area contributed by atoms with Gasteiger partial charge in [0.25, 0.3) is 11.5 Å². The molecule has 1 aliphatic rings. The third-order valence-electron chi connectivity index (χ3n) is 6.73. The van der Waals surface area contributed by atoms with Gasteiger partial charge in [0.05, 0.1) is 5.56 Å². The Morgan fingerprint density at radius 3 is 2.59 bits per heavy atom. The van der Waals surface area contributed by atoms with Gasteiger partial charge >= 0.3 is 0 Å². The first kappa shape index (κ1) is 21.0. The summed E-state index contributed by atoms with van der Waals surface area (Å²) in [5, 5.41) is 4.74. The van der Waals surface area contributed by atoms with Crippen molar-refractivity contribution in [3.8, 4) is 0 Å². The first-order chi connectivity index (χ1) is 15.5. The minimum absolute atomic E-state index is 0.0121. The fourth-order valence-electron chi connectivity index (χ4n) is 5.06. The lowest BCUT2D eigenvalue weighted by Crippen LogP contribution is -2.29. The SMILES string of the molecule is Cc1cc(Br)ccc1NC(=O)c1cn(C2CCCCC2)c(=O)c2c1c1ccccc1n2C. The molecule has 1 aliphatic carbocycles. The molecule has 164 valence electrons. The van der Waals surface area contributed by atoms with Crippen molar-refractivity contribution in [3.63, 3.8) is 0 Å². The van der Waals surface area contributed by atoms with E-state index in [-0.39, 0.29) is 17.5 Å². The van der Waals surface area contributed by atoms with Crippen LogP contribution >= 0.6 is 15.9 Å². The number of nitrogens with one attached hydrogen (secondary N) is 1. The second-order valence-corrected chi connectivity index (χ2v) is 9.68. The van der Waals surface area contributed by atoms with E-state index in [2.05, 4.69) is 21.2 Å². The lowest BCUT2D eigenvalue weighted by molar-refractivity contribution is 0.102. The summed E-state index contributed by atoms with van der Waals surface area (Å²) < 4.78 is 4.73.